The zero-order chi connectivity index (χ0) is 13.7. The van der Waals surface area contributed by atoms with Crippen LogP contribution >= 0.6 is 0 Å². The molecule has 0 spiro atoms. The third kappa shape index (κ3) is 15.5. The number of hydrogen-bond donors (Lipinski definition) is 0. The second-order valence-corrected chi connectivity index (χ2v) is 4.31. The molecule has 0 bridgehead atoms. The average molecular weight is 248 g/mol. The van der Waals surface area contributed by atoms with Gasteiger partial charge in [0.2, 0.25) is 0 Å². The Bertz CT molecular complexity index is 151. The standard InChI is InChI=1S/C7H14O.C6H14O3/c1-5(2)7(8)6(3)4;1-7-3-5-9-6-4-8-2/h5-6H,1-4H3;3-6H2,1-2H3. The molecule has 0 aliphatic heterocycles. The lowest BCUT2D eigenvalue weighted by Crippen LogP contribution is -2.13. The molecule has 0 saturated carbocycles. The van der Waals surface area contributed by atoms with Crippen LogP contribution in [0.15, 0.2) is 0 Å². The van der Waals surface area contributed by atoms with Crippen molar-refractivity contribution in [2.24, 2.45) is 11.8 Å². The lowest BCUT2D eigenvalue weighted by atomic mass is 9.99. The van der Waals surface area contributed by atoms with Crippen LogP contribution in [-0.4, -0.2) is 46.4 Å². The number of carbonyl (C=O) groups is 1. The third-order valence-electron chi connectivity index (χ3n) is 2.00. The Hall–Kier alpha value is -0.450. The van der Waals surface area contributed by atoms with Gasteiger partial charge in [-0.05, 0) is 0 Å². The molecule has 0 fully saturated rings. The second kappa shape index (κ2) is 13.6. The lowest BCUT2D eigenvalue weighted by molar-refractivity contribution is -0.124. The van der Waals surface area contributed by atoms with Crippen LogP contribution < -0.4 is 0 Å². The quantitative estimate of drug-likeness (QED) is 0.617. The molecule has 0 N–H and O–H groups in total. The lowest BCUT2D eigenvalue weighted by Gasteiger charge is -2.05. The number of Topliss-reactive ketones (excluding diaryl/α,β-unsaturated/α-hetero) is 1. The van der Waals surface area contributed by atoms with E-state index in [0.29, 0.717) is 32.2 Å². The van der Waals surface area contributed by atoms with Gasteiger partial charge in [-0.3, -0.25) is 4.79 Å². The molecule has 104 valence electrons. The van der Waals surface area contributed by atoms with Gasteiger partial charge in [0.25, 0.3) is 0 Å². The maximum absolute atomic E-state index is 10.8. The Balaban J connectivity index is 0. The highest BCUT2D eigenvalue weighted by atomic mass is 16.5. The molecule has 0 aliphatic carbocycles. The van der Waals surface area contributed by atoms with Crippen LogP contribution in [0.5, 0.6) is 0 Å². The summed E-state index contributed by atoms with van der Waals surface area (Å²) in [7, 11) is 3.30. The summed E-state index contributed by atoms with van der Waals surface area (Å²) in [5, 5.41) is 0. The van der Waals surface area contributed by atoms with Crippen molar-refractivity contribution in [3.63, 3.8) is 0 Å². The van der Waals surface area contributed by atoms with Gasteiger partial charge in [0.1, 0.15) is 5.78 Å². The molecule has 4 heteroatoms. The van der Waals surface area contributed by atoms with Gasteiger partial charge in [0, 0.05) is 26.1 Å². The molecule has 0 aromatic carbocycles. The first-order valence-electron chi connectivity index (χ1n) is 6.06. The fourth-order valence-electron chi connectivity index (χ4n) is 1.05. The maximum Gasteiger partial charge on any atom is 0.137 e. The molecule has 4 nitrogen and oxygen atoms in total. The summed E-state index contributed by atoms with van der Waals surface area (Å²) in [6.07, 6.45) is 0. The summed E-state index contributed by atoms with van der Waals surface area (Å²) >= 11 is 0. The minimum Gasteiger partial charge on any atom is -0.382 e. The predicted octanol–water partition coefficient (Wildman–Crippen LogP) is 2.16. The van der Waals surface area contributed by atoms with Gasteiger partial charge in [-0.25, -0.2) is 0 Å². The Kier molecular flexibility index (Phi) is 15.1. The summed E-state index contributed by atoms with van der Waals surface area (Å²) in [6.45, 7) is 10.3. The van der Waals surface area contributed by atoms with Gasteiger partial charge in [-0.2, -0.15) is 0 Å². The second-order valence-electron chi connectivity index (χ2n) is 4.31. The number of rotatable bonds is 8. The smallest absolute Gasteiger partial charge is 0.137 e. The first-order valence-corrected chi connectivity index (χ1v) is 6.06. The number of ketones is 1. The molecule has 0 radical (unpaired) electrons. The first-order chi connectivity index (χ1) is 7.97. The number of hydrogen-bond acceptors (Lipinski definition) is 4. The Morgan fingerprint density at radius 3 is 1.35 bits per heavy atom. The molecule has 0 saturated heterocycles. The van der Waals surface area contributed by atoms with Crippen LogP contribution in [0.3, 0.4) is 0 Å². The van der Waals surface area contributed by atoms with E-state index in [1.54, 1.807) is 14.2 Å². The van der Waals surface area contributed by atoms with Crippen molar-refractivity contribution in [2.45, 2.75) is 27.7 Å². The highest BCUT2D eigenvalue weighted by Gasteiger charge is 2.09. The summed E-state index contributed by atoms with van der Waals surface area (Å²) < 4.78 is 14.6. The van der Waals surface area contributed by atoms with Gasteiger partial charge in [-0.15, -0.1) is 0 Å². The topological polar surface area (TPSA) is 44.8 Å². The van der Waals surface area contributed by atoms with E-state index in [-0.39, 0.29) is 11.8 Å². The van der Waals surface area contributed by atoms with Crippen LogP contribution in [0.25, 0.3) is 0 Å². The zero-order valence-electron chi connectivity index (χ0n) is 12.1. The molecule has 0 aromatic heterocycles. The van der Waals surface area contributed by atoms with Gasteiger partial charge in [0.05, 0.1) is 26.4 Å². The summed E-state index contributed by atoms with van der Waals surface area (Å²) in [5.74, 6) is 0.759. The number of carbonyl (C=O) groups excluding carboxylic acids is 1. The van der Waals surface area contributed by atoms with E-state index in [9.17, 15) is 4.79 Å². The fraction of sp³-hybridized carbons (Fsp3) is 0.923. The molecular weight excluding hydrogens is 220 g/mol. The zero-order valence-corrected chi connectivity index (χ0v) is 12.1. The Labute approximate surface area is 106 Å². The van der Waals surface area contributed by atoms with Crippen molar-refractivity contribution in [3.8, 4) is 0 Å². The largest absolute Gasteiger partial charge is 0.382 e. The maximum atomic E-state index is 10.8. The van der Waals surface area contributed by atoms with Gasteiger partial charge >= 0.3 is 0 Å². The van der Waals surface area contributed by atoms with Crippen LogP contribution in [0, 0.1) is 11.8 Å². The van der Waals surface area contributed by atoms with Crippen LogP contribution in [0.1, 0.15) is 27.7 Å². The van der Waals surface area contributed by atoms with Gasteiger partial charge in [0.15, 0.2) is 0 Å². The van der Waals surface area contributed by atoms with Crippen molar-refractivity contribution in [3.05, 3.63) is 0 Å². The van der Waals surface area contributed by atoms with Gasteiger partial charge < -0.3 is 14.2 Å². The van der Waals surface area contributed by atoms with Crippen LogP contribution in [-0.2, 0) is 19.0 Å². The SMILES string of the molecule is CC(C)C(=O)C(C)C.COCCOCCOC. The molecule has 0 aliphatic rings. The Morgan fingerprint density at radius 1 is 0.824 bits per heavy atom. The van der Waals surface area contributed by atoms with Crippen molar-refractivity contribution < 1.29 is 19.0 Å². The fourth-order valence-corrected chi connectivity index (χ4v) is 1.05. The molecule has 17 heavy (non-hydrogen) atoms. The van der Waals surface area contributed by atoms with Crippen molar-refractivity contribution >= 4 is 5.78 Å². The molecule has 0 unspecified atom stereocenters. The number of methoxy groups -OCH3 is 2. The molecular formula is C13H28O4. The molecule has 0 amide bonds. The Morgan fingerprint density at radius 2 is 1.18 bits per heavy atom. The van der Waals surface area contributed by atoms with E-state index in [1.165, 1.54) is 0 Å². The normalized spacial score (nSPS) is 10.4. The third-order valence-corrected chi connectivity index (χ3v) is 2.00. The summed E-state index contributed by atoms with van der Waals surface area (Å²) in [4.78, 5) is 10.8. The summed E-state index contributed by atoms with van der Waals surface area (Å²) in [5.41, 5.74) is 0. The van der Waals surface area contributed by atoms with E-state index in [4.69, 9.17) is 14.2 Å². The monoisotopic (exact) mass is 248 g/mol. The molecule has 0 atom stereocenters. The predicted molar refractivity (Wildman–Crippen MR) is 69.3 cm³/mol. The van der Waals surface area contributed by atoms with Crippen molar-refractivity contribution in [1.29, 1.82) is 0 Å². The molecule has 0 heterocycles. The number of ether oxygens (including phenoxy) is 3. The van der Waals surface area contributed by atoms with Crippen LogP contribution in [0.4, 0.5) is 0 Å². The highest BCUT2D eigenvalue weighted by Crippen LogP contribution is 2.03. The van der Waals surface area contributed by atoms with Crippen molar-refractivity contribution in [2.75, 3.05) is 40.6 Å². The van der Waals surface area contributed by atoms with Crippen LogP contribution in [0.2, 0.25) is 0 Å². The molecule has 0 rings (SSSR count). The average Bonchev–Trinajstić information content (AvgIpc) is 2.28. The van der Waals surface area contributed by atoms with E-state index >= 15 is 0 Å². The minimum atomic E-state index is 0.204. The van der Waals surface area contributed by atoms with Gasteiger partial charge in [-0.1, -0.05) is 27.7 Å². The van der Waals surface area contributed by atoms with E-state index in [1.807, 2.05) is 27.7 Å². The van der Waals surface area contributed by atoms with E-state index in [0.717, 1.165) is 0 Å². The van der Waals surface area contributed by atoms with E-state index in [2.05, 4.69) is 0 Å². The highest BCUT2D eigenvalue weighted by molar-refractivity contribution is 5.81. The minimum absolute atomic E-state index is 0.204. The first kappa shape index (κ1) is 18.9. The van der Waals surface area contributed by atoms with E-state index < -0.39 is 0 Å². The summed E-state index contributed by atoms with van der Waals surface area (Å²) in [6, 6.07) is 0. The van der Waals surface area contributed by atoms with Crippen molar-refractivity contribution in [1.82, 2.24) is 0 Å². The molecule has 0 aromatic rings.